The van der Waals surface area contributed by atoms with Crippen LogP contribution in [-0.2, 0) is 16.6 Å². The van der Waals surface area contributed by atoms with Crippen LogP contribution in [0, 0.1) is 5.92 Å². The van der Waals surface area contributed by atoms with Gasteiger partial charge in [-0.2, -0.15) is 5.10 Å². The summed E-state index contributed by atoms with van der Waals surface area (Å²) in [4.78, 5) is 28.8. The number of aryl methyl sites for hydroxylation is 1. The van der Waals surface area contributed by atoms with E-state index < -0.39 is 5.60 Å². The Labute approximate surface area is 168 Å². The average molecular weight is 391 g/mol. The molecule has 0 aromatic carbocycles. The zero-order valence-electron chi connectivity index (χ0n) is 17.7. The van der Waals surface area contributed by atoms with Crippen LogP contribution in [0.4, 0.5) is 4.79 Å². The SMILES string of the molecule is Cn1cc([C@H]2CCCN(C(=O)CC3CCN(C(=O)OC(C)(C)C)CC3)C2)cn1. The second kappa shape index (κ2) is 8.53. The fourth-order valence-electron chi connectivity index (χ4n) is 4.15. The molecule has 0 saturated carbocycles. The Morgan fingerprint density at radius 1 is 1.14 bits per heavy atom. The van der Waals surface area contributed by atoms with Gasteiger partial charge in [-0.15, -0.1) is 0 Å². The number of hydrogen-bond donors (Lipinski definition) is 0. The number of nitrogens with zero attached hydrogens (tertiary/aromatic N) is 4. The van der Waals surface area contributed by atoms with E-state index in [0.717, 1.165) is 38.8 Å². The average Bonchev–Trinajstić information content (AvgIpc) is 3.07. The minimum atomic E-state index is -0.469. The van der Waals surface area contributed by atoms with E-state index >= 15 is 0 Å². The smallest absolute Gasteiger partial charge is 0.410 e. The number of amides is 2. The molecular formula is C21H34N4O3. The molecule has 2 fully saturated rings. The van der Waals surface area contributed by atoms with E-state index in [1.807, 2.05) is 43.6 Å². The molecule has 3 rings (SSSR count). The lowest BCUT2D eigenvalue weighted by molar-refractivity contribution is -0.133. The summed E-state index contributed by atoms with van der Waals surface area (Å²) >= 11 is 0. The second-order valence-corrected chi connectivity index (χ2v) is 9.24. The molecular weight excluding hydrogens is 356 g/mol. The van der Waals surface area contributed by atoms with Gasteiger partial charge in [-0.1, -0.05) is 0 Å². The normalized spacial score (nSPS) is 21.6. The number of hydrogen-bond acceptors (Lipinski definition) is 4. The third-order valence-corrected chi connectivity index (χ3v) is 5.70. The minimum Gasteiger partial charge on any atom is -0.444 e. The Morgan fingerprint density at radius 2 is 1.86 bits per heavy atom. The van der Waals surface area contributed by atoms with Gasteiger partial charge in [0.25, 0.3) is 0 Å². The molecule has 0 radical (unpaired) electrons. The van der Waals surface area contributed by atoms with Crippen molar-refractivity contribution in [3.05, 3.63) is 18.0 Å². The van der Waals surface area contributed by atoms with Crippen molar-refractivity contribution < 1.29 is 14.3 Å². The van der Waals surface area contributed by atoms with Crippen molar-refractivity contribution in [2.45, 2.75) is 64.4 Å². The van der Waals surface area contributed by atoms with Gasteiger partial charge in [-0.3, -0.25) is 9.48 Å². The summed E-state index contributed by atoms with van der Waals surface area (Å²) in [6.07, 6.45) is 8.22. The Kier molecular flexibility index (Phi) is 6.30. The maximum absolute atomic E-state index is 12.9. The van der Waals surface area contributed by atoms with Crippen molar-refractivity contribution in [1.29, 1.82) is 0 Å². The summed E-state index contributed by atoms with van der Waals surface area (Å²) in [7, 11) is 1.93. The van der Waals surface area contributed by atoms with Gasteiger partial charge in [0.05, 0.1) is 6.20 Å². The first-order valence-corrected chi connectivity index (χ1v) is 10.5. The van der Waals surface area contributed by atoms with Crippen LogP contribution in [0.25, 0.3) is 0 Å². The van der Waals surface area contributed by atoms with E-state index in [1.165, 1.54) is 5.56 Å². The molecule has 2 saturated heterocycles. The molecule has 28 heavy (non-hydrogen) atoms. The molecule has 2 aliphatic heterocycles. The largest absolute Gasteiger partial charge is 0.444 e. The molecule has 0 N–H and O–H groups in total. The van der Waals surface area contributed by atoms with Crippen LogP contribution in [0.1, 0.15) is 64.4 Å². The monoisotopic (exact) mass is 390 g/mol. The lowest BCUT2D eigenvalue weighted by Gasteiger charge is -2.36. The van der Waals surface area contributed by atoms with E-state index in [-0.39, 0.29) is 12.0 Å². The quantitative estimate of drug-likeness (QED) is 0.795. The first kappa shape index (κ1) is 20.7. The molecule has 0 bridgehead atoms. The van der Waals surface area contributed by atoms with Crippen molar-refractivity contribution >= 4 is 12.0 Å². The third kappa shape index (κ3) is 5.49. The first-order valence-electron chi connectivity index (χ1n) is 10.5. The van der Waals surface area contributed by atoms with Crippen molar-refractivity contribution in [1.82, 2.24) is 19.6 Å². The van der Waals surface area contributed by atoms with Crippen molar-refractivity contribution in [3.63, 3.8) is 0 Å². The van der Waals surface area contributed by atoms with E-state index in [0.29, 0.717) is 31.3 Å². The van der Waals surface area contributed by atoms with Crippen LogP contribution in [0.3, 0.4) is 0 Å². The fourth-order valence-corrected chi connectivity index (χ4v) is 4.15. The molecule has 7 heteroatoms. The number of likely N-dealkylation sites (tertiary alicyclic amines) is 2. The van der Waals surface area contributed by atoms with E-state index in [4.69, 9.17) is 4.74 Å². The maximum Gasteiger partial charge on any atom is 0.410 e. The molecule has 1 aromatic rings. The predicted octanol–water partition coefficient (Wildman–Crippen LogP) is 3.16. The lowest BCUT2D eigenvalue weighted by Crippen LogP contribution is -2.43. The Morgan fingerprint density at radius 3 is 2.46 bits per heavy atom. The molecule has 1 aromatic heterocycles. The molecule has 156 valence electrons. The summed E-state index contributed by atoms with van der Waals surface area (Å²) in [5.74, 6) is 0.995. The molecule has 0 unspecified atom stereocenters. The molecule has 7 nitrogen and oxygen atoms in total. The lowest BCUT2D eigenvalue weighted by atomic mass is 9.90. The van der Waals surface area contributed by atoms with Gasteiger partial charge in [0, 0.05) is 51.8 Å². The van der Waals surface area contributed by atoms with Crippen LogP contribution in [0.5, 0.6) is 0 Å². The van der Waals surface area contributed by atoms with Gasteiger partial charge in [0.15, 0.2) is 0 Å². The molecule has 2 aliphatic rings. The standard InChI is InChI=1S/C21H34N4O3/c1-21(2,3)28-20(27)24-10-7-16(8-11-24)12-19(26)25-9-5-6-17(15-25)18-13-22-23(4)14-18/h13-14,16-17H,5-12,15H2,1-4H3/t17-/m0/s1. The van der Waals surface area contributed by atoms with Crippen LogP contribution in [0.15, 0.2) is 12.4 Å². The van der Waals surface area contributed by atoms with Gasteiger partial charge in [-0.05, 0) is 57.9 Å². The highest BCUT2D eigenvalue weighted by Crippen LogP contribution is 2.28. The Bertz CT molecular complexity index is 686. The number of carbonyl (C=O) groups excluding carboxylic acids is 2. The summed E-state index contributed by atoms with van der Waals surface area (Å²) < 4.78 is 7.28. The van der Waals surface area contributed by atoms with Gasteiger partial charge < -0.3 is 14.5 Å². The summed E-state index contributed by atoms with van der Waals surface area (Å²) in [5, 5.41) is 4.27. The van der Waals surface area contributed by atoms with E-state index in [2.05, 4.69) is 11.3 Å². The molecule has 2 amide bonds. The summed E-state index contributed by atoms with van der Waals surface area (Å²) in [6.45, 7) is 8.64. The highest BCUT2D eigenvalue weighted by atomic mass is 16.6. The number of piperidine rings is 2. The van der Waals surface area contributed by atoms with Gasteiger partial charge in [0.1, 0.15) is 5.60 Å². The number of aromatic nitrogens is 2. The zero-order valence-corrected chi connectivity index (χ0v) is 17.7. The van der Waals surface area contributed by atoms with Crippen molar-refractivity contribution in [2.24, 2.45) is 13.0 Å². The molecule has 1 atom stereocenters. The number of ether oxygens (including phenoxy) is 1. The number of rotatable bonds is 3. The highest BCUT2D eigenvalue weighted by molar-refractivity contribution is 5.76. The summed E-state index contributed by atoms with van der Waals surface area (Å²) in [6, 6.07) is 0. The van der Waals surface area contributed by atoms with E-state index in [1.54, 1.807) is 4.90 Å². The van der Waals surface area contributed by atoms with Crippen molar-refractivity contribution in [3.8, 4) is 0 Å². The Balaban J connectivity index is 1.46. The van der Waals surface area contributed by atoms with Gasteiger partial charge >= 0.3 is 6.09 Å². The topological polar surface area (TPSA) is 67.7 Å². The fraction of sp³-hybridized carbons (Fsp3) is 0.762. The Hall–Kier alpha value is -2.05. The van der Waals surface area contributed by atoms with Crippen LogP contribution in [-0.4, -0.2) is 63.4 Å². The highest BCUT2D eigenvalue weighted by Gasteiger charge is 2.30. The molecule has 0 spiro atoms. The first-order chi connectivity index (χ1) is 13.2. The van der Waals surface area contributed by atoms with Crippen LogP contribution >= 0.6 is 0 Å². The number of carbonyl (C=O) groups is 2. The molecule has 3 heterocycles. The predicted molar refractivity (Wildman–Crippen MR) is 107 cm³/mol. The summed E-state index contributed by atoms with van der Waals surface area (Å²) in [5.41, 5.74) is 0.758. The van der Waals surface area contributed by atoms with E-state index in [9.17, 15) is 9.59 Å². The maximum atomic E-state index is 12.9. The zero-order chi connectivity index (χ0) is 20.3. The molecule has 0 aliphatic carbocycles. The van der Waals surface area contributed by atoms with Gasteiger partial charge in [0.2, 0.25) is 5.91 Å². The van der Waals surface area contributed by atoms with Gasteiger partial charge in [-0.25, -0.2) is 4.79 Å². The van der Waals surface area contributed by atoms with Crippen LogP contribution in [0.2, 0.25) is 0 Å². The minimum absolute atomic E-state index is 0.243. The third-order valence-electron chi connectivity index (χ3n) is 5.70. The second-order valence-electron chi connectivity index (χ2n) is 9.24. The van der Waals surface area contributed by atoms with Crippen molar-refractivity contribution in [2.75, 3.05) is 26.2 Å². The van der Waals surface area contributed by atoms with Crippen LogP contribution < -0.4 is 0 Å².